The number of fused-ring (bicyclic) bond motifs is 2. The van der Waals surface area contributed by atoms with Crippen molar-refractivity contribution in [3.8, 4) is 28.4 Å². The van der Waals surface area contributed by atoms with E-state index in [4.69, 9.17) is 23.0 Å². The highest BCUT2D eigenvalue weighted by Crippen LogP contribution is 2.35. The molecule has 7 heteroatoms. The molecule has 0 unspecified atom stereocenters. The molecule has 3 aromatic carbocycles. The van der Waals surface area contributed by atoms with Crippen LogP contribution in [0.2, 0.25) is 0 Å². The lowest BCUT2D eigenvalue weighted by Crippen LogP contribution is -2.08. The van der Waals surface area contributed by atoms with Crippen molar-refractivity contribution in [2.45, 2.75) is 6.92 Å². The highest BCUT2D eigenvalue weighted by Gasteiger charge is 2.18. The minimum absolute atomic E-state index is 0.101. The van der Waals surface area contributed by atoms with E-state index in [1.165, 1.54) is 7.11 Å². The number of carbonyl (C=O) groups is 1. The van der Waals surface area contributed by atoms with Crippen LogP contribution in [0, 0.1) is 6.92 Å². The topological polar surface area (TPSA) is 88.1 Å². The van der Waals surface area contributed by atoms with Gasteiger partial charge in [0.2, 0.25) is 5.76 Å². The Hall–Kier alpha value is -4.52. The summed E-state index contributed by atoms with van der Waals surface area (Å²) in [5.41, 5.74) is 2.19. The van der Waals surface area contributed by atoms with Gasteiger partial charge in [0.15, 0.2) is 11.5 Å². The van der Waals surface area contributed by atoms with E-state index in [-0.39, 0.29) is 5.76 Å². The second-order valence-corrected chi connectivity index (χ2v) is 7.66. The molecule has 0 saturated carbocycles. The lowest BCUT2D eigenvalue weighted by Gasteiger charge is -2.12. The van der Waals surface area contributed by atoms with Gasteiger partial charge >= 0.3 is 11.6 Å². The number of ether oxygens (including phenoxy) is 3. The fraction of sp³-hybridized carbons (Fsp3) is 0.111. The average Bonchev–Trinajstić information content (AvgIpc) is 3.29. The number of benzene rings is 3. The van der Waals surface area contributed by atoms with E-state index in [9.17, 15) is 9.59 Å². The molecule has 170 valence electrons. The number of aryl methyl sites for hydroxylation is 1. The summed E-state index contributed by atoms with van der Waals surface area (Å²) < 4.78 is 27.3. The van der Waals surface area contributed by atoms with Crippen LogP contribution in [0.4, 0.5) is 0 Å². The van der Waals surface area contributed by atoms with E-state index in [1.807, 2.05) is 25.1 Å². The Bertz CT molecular complexity index is 1570. The number of furan rings is 1. The maximum atomic E-state index is 12.8. The van der Waals surface area contributed by atoms with Crippen molar-refractivity contribution in [3.63, 3.8) is 0 Å². The summed E-state index contributed by atoms with van der Waals surface area (Å²) in [6.07, 6.45) is 0. The number of methoxy groups -OCH3 is 2. The molecule has 0 amide bonds. The Balaban J connectivity index is 1.54. The molecule has 0 aliphatic rings. The minimum Gasteiger partial charge on any atom is -0.493 e. The molecule has 0 N–H and O–H groups in total. The SMILES string of the molecule is COc1ccc(-c2c(C)c3cc(OC(=O)c4cc5ccccc5o4)ccc3oc2=O)cc1OC. The maximum absolute atomic E-state index is 12.8. The van der Waals surface area contributed by atoms with Gasteiger partial charge in [-0.1, -0.05) is 24.3 Å². The van der Waals surface area contributed by atoms with E-state index in [1.54, 1.807) is 55.6 Å². The van der Waals surface area contributed by atoms with Crippen LogP contribution >= 0.6 is 0 Å². The smallest absolute Gasteiger partial charge is 0.379 e. The van der Waals surface area contributed by atoms with Crippen LogP contribution in [0.15, 0.2) is 80.4 Å². The zero-order valence-electron chi connectivity index (χ0n) is 18.7. The van der Waals surface area contributed by atoms with Crippen LogP contribution in [0.25, 0.3) is 33.1 Å². The van der Waals surface area contributed by atoms with Gasteiger partial charge in [0.05, 0.1) is 19.8 Å². The third kappa shape index (κ3) is 3.67. The van der Waals surface area contributed by atoms with Crippen LogP contribution in [-0.4, -0.2) is 20.2 Å². The molecular formula is C27H20O7. The van der Waals surface area contributed by atoms with Gasteiger partial charge in [-0.05, 0) is 60.5 Å². The number of hydrogen-bond acceptors (Lipinski definition) is 7. The average molecular weight is 456 g/mol. The number of rotatable bonds is 5. The van der Waals surface area contributed by atoms with E-state index >= 15 is 0 Å². The summed E-state index contributed by atoms with van der Waals surface area (Å²) in [6, 6.07) is 19.0. The van der Waals surface area contributed by atoms with Crippen molar-refractivity contribution < 1.29 is 27.8 Å². The molecule has 0 bridgehead atoms. The van der Waals surface area contributed by atoms with Gasteiger partial charge in [0, 0.05) is 10.8 Å². The lowest BCUT2D eigenvalue weighted by atomic mass is 9.99. The van der Waals surface area contributed by atoms with E-state index in [0.29, 0.717) is 50.5 Å². The van der Waals surface area contributed by atoms with Gasteiger partial charge in [0.25, 0.3) is 0 Å². The molecule has 0 saturated heterocycles. The van der Waals surface area contributed by atoms with E-state index in [2.05, 4.69) is 0 Å². The molecule has 0 fully saturated rings. The summed E-state index contributed by atoms with van der Waals surface area (Å²) in [4.78, 5) is 25.5. The third-order valence-corrected chi connectivity index (χ3v) is 5.65. The summed E-state index contributed by atoms with van der Waals surface area (Å²) >= 11 is 0. The predicted molar refractivity (Wildman–Crippen MR) is 127 cm³/mol. The first-order valence-electron chi connectivity index (χ1n) is 10.5. The number of esters is 1. The zero-order valence-corrected chi connectivity index (χ0v) is 18.7. The Morgan fingerprint density at radius 2 is 1.62 bits per heavy atom. The van der Waals surface area contributed by atoms with Gasteiger partial charge in [-0.15, -0.1) is 0 Å². The standard InChI is InChI=1S/C27H20O7/c1-15-19-14-18(32-26(28)24-12-16-6-4-5-7-20(16)33-24)9-11-21(19)34-27(29)25(15)17-8-10-22(30-2)23(13-17)31-3/h4-14H,1-3H3. The normalized spacial score (nSPS) is 11.0. The third-order valence-electron chi connectivity index (χ3n) is 5.65. The molecular weight excluding hydrogens is 436 g/mol. The van der Waals surface area contributed by atoms with Crippen LogP contribution in [0.3, 0.4) is 0 Å². The number of para-hydroxylation sites is 1. The fourth-order valence-electron chi connectivity index (χ4n) is 3.96. The Kier molecular flexibility index (Phi) is 5.30. The molecule has 0 atom stereocenters. The van der Waals surface area contributed by atoms with Gasteiger partial charge in [-0.3, -0.25) is 0 Å². The van der Waals surface area contributed by atoms with Crippen molar-refractivity contribution in [3.05, 3.63) is 88.5 Å². The van der Waals surface area contributed by atoms with Crippen LogP contribution < -0.4 is 19.8 Å². The summed E-state index contributed by atoms with van der Waals surface area (Å²) in [6.45, 7) is 1.82. The quantitative estimate of drug-likeness (QED) is 0.189. The van der Waals surface area contributed by atoms with Crippen LogP contribution in [0.5, 0.6) is 17.2 Å². The van der Waals surface area contributed by atoms with Crippen molar-refractivity contribution in [2.75, 3.05) is 14.2 Å². The lowest BCUT2D eigenvalue weighted by molar-refractivity contribution is 0.0704. The molecule has 0 aliphatic heterocycles. The summed E-state index contributed by atoms with van der Waals surface area (Å²) in [5.74, 6) is 0.823. The number of hydrogen-bond donors (Lipinski definition) is 0. The summed E-state index contributed by atoms with van der Waals surface area (Å²) in [5, 5.41) is 1.45. The maximum Gasteiger partial charge on any atom is 0.379 e. The van der Waals surface area contributed by atoms with Crippen molar-refractivity contribution in [1.82, 2.24) is 0 Å². The Labute approximate surface area is 194 Å². The molecule has 5 aromatic rings. The molecule has 2 aromatic heterocycles. The summed E-state index contributed by atoms with van der Waals surface area (Å²) in [7, 11) is 3.07. The highest BCUT2D eigenvalue weighted by molar-refractivity contribution is 5.94. The Morgan fingerprint density at radius 3 is 2.38 bits per heavy atom. The first-order chi connectivity index (χ1) is 16.5. The molecule has 34 heavy (non-hydrogen) atoms. The molecule has 0 spiro atoms. The molecule has 0 aliphatic carbocycles. The number of carbonyl (C=O) groups excluding carboxylic acids is 1. The van der Waals surface area contributed by atoms with Gasteiger partial charge in [-0.2, -0.15) is 0 Å². The largest absolute Gasteiger partial charge is 0.493 e. The fourth-order valence-corrected chi connectivity index (χ4v) is 3.96. The second-order valence-electron chi connectivity index (χ2n) is 7.66. The predicted octanol–water partition coefficient (Wildman–Crippen LogP) is 5.75. The van der Waals surface area contributed by atoms with Crippen LogP contribution in [0.1, 0.15) is 16.1 Å². The molecule has 0 radical (unpaired) electrons. The van der Waals surface area contributed by atoms with Crippen LogP contribution in [-0.2, 0) is 0 Å². The highest BCUT2D eigenvalue weighted by atomic mass is 16.5. The first-order valence-corrected chi connectivity index (χ1v) is 10.5. The molecule has 7 nitrogen and oxygen atoms in total. The van der Waals surface area contributed by atoms with Gasteiger partial charge < -0.3 is 23.0 Å². The van der Waals surface area contributed by atoms with E-state index < -0.39 is 11.6 Å². The van der Waals surface area contributed by atoms with Gasteiger partial charge in [-0.25, -0.2) is 9.59 Å². The minimum atomic E-state index is -0.620. The Morgan fingerprint density at radius 1 is 0.824 bits per heavy atom. The van der Waals surface area contributed by atoms with Crippen molar-refractivity contribution in [2.24, 2.45) is 0 Å². The molecule has 2 heterocycles. The zero-order chi connectivity index (χ0) is 23.8. The monoisotopic (exact) mass is 456 g/mol. The van der Waals surface area contributed by atoms with Crippen molar-refractivity contribution >= 4 is 27.9 Å². The second kappa shape index (κ2) is 8.44. The van der Waals surface area contributed by atoms with Gasteiger partial charge in [0.1, 0.15) is 16.9 Å². The molecule has 5 rings (SSSR count). The van der Waals surface area contributed by atoms with E-state index in [0.717, 1.165) is 5.39 Å². The first kappa shape index (κ1) is 21.3. The van der Waals surface area contributed by atoms with Crippen molar-refractivity contribution in [1.29, 1.82) is 0 Å².